The van der Waals surface area contributed by atoms with E-state index in [4.69, 9.17) is 4.74 Å². The van der Waals surface area contributed by atoms with Crippen molar-refractivity contribution in [3.8, 4) is 0 Å². The highest BCUT2D eigenvalue weighted by Gasteiger charge is 1.97. The van der Waals surface area contributed by atoms with Crippen molar-refractivity contribution in [2.45, 2.75) is 33.9 Å². The molecule has 0 saturated heterocycles. The molecule has 1 aromatic carbocycles. The van der Waals surface area contributed by atoms with Crippen LogP contribution in [0.15, 0.2) is 29.3 Å². The van der Waals surface area contributed by atoms with E-state index in [2.05, 4.69) is 53.7 Å². The van der Waals surface area contributed by atoms with Crippen LogP contribution in [-0.4, -0.2) is 25.7 Å². The van der Waals surface area contributed by atoms with Crippen molar-refractivity contribution < 1.29 is 4.74 Å². The maximum absolute atomic E-state index is 5.37. The minimum atomic E-state index is 0. The number of rotatable bonds is 7. The van der Waals surface area contributed by atoms with Gasteiger partial charge < -0.3 is 15.4 Å². The first-order valence-corrected chi connectivity index (χ1v) is 6.97. The molecule has 20 heavy (non-hydrogen) atoms. The molecule has 0 aliphatic rings. The molecule has 0 spiro atoms. The zero-order chi connectivity index (χ0) is 13.9. The first kappa shape index (κ1) is 19.2. The highest BCUT2D eigenvalue weighted by Crippen LogP contribution is 2.06. The van der Waals surface area contributed by atoms with Gasteiger partial charge in [0.05, 0.1) is 13.2 Å². The Kier molecular flexibility index (Phi) is 11.5. The van der Waals surface area contributed by atoms with Crippen LogP contribution < -0.4 is 10.6 Å². The summed E-state index contributed by atoms with van der Waals surface area (Å²) in [5, 5.41) is 6.42. The lowest BCUT2D eigenvalue weighted by Gasteiger charge is -2.09. The summed E-state index contributed by atoms with van der Waals surface area (Å²) in [5.74, 6) is 0.864. The summed E-state index contributed by atoms with van der Waals surface area (Å²) < 4.78 is 5.37. The second-order valence-corrected chi connectivity index (χ2v) is 4.18. The predicted molar refractivity (Wildman–Crippen MR) is 95.7 cm³/mol. The van der Waals surface area contributed by atoms with E-state index in [-0.39, 0.29) is 24.0 Å². The van der Waals surface area contributed by atoms with Gasteiger partial charge in [-0.2, -0.15) is 0 Å². The van der Waals surface area contributed by atoms with Gasteiger partial charge in [0.1, 0.15) is 0 Å². The van der Waals surface area contributed by atoms with Crippen LogP contribution in [0.3, 0.4) is 0 Å². The van der Waals surface area contributed by atoms with Crippen molar-refractivity contribution >= 4 is 29.9 Å². The SMILES string of the molecule is CCNC(=NCc1ccc(COCC)cc1)NCC.I. The average molecular weight is 391 g/mol. The Labute approximate surface area is 139 Å². The van der Waals surface area contributed by atoms with Crippen LogP contribution in [0.25, 0.3) is 0 Å². The van der Waals surface area contributed by atoms with Crippen molar-refractivity contribution in [3.63, 3.8) is 0 Å². The van der Waals surface area contributed by atoms with E-state index in [1.54, 1.807) is 0 Å². The molecule has 0 radical (unpaired) electrons. The van der Waals surface area contributed by atoms with E-state index in [0.717, 1.165) is 25.7 Å². The summed E-state index contributed by atoms with van der Waals surface area (Å²) in [7, 11) is 0. The highest BCUT2D eigenvalue weighted by atomic mass is 127. The van der Waals surface area contributed by atoms with Gasteiger partial charge in [-0.05, 0) is 31.9 Å². The van der Waals surface area contributed by atoms with E-state index in [0.29, 0.717) is 13.2 Å². The topological polar surface area (TPSA) is 45.7 Å². The van der Waals surface area contributed by atoms with Gasteiger partial charge in [-0.25, -0.2) is 4.99 Å². The summed E-state index contributed by atoms with van der Waals surface area (Å²) in [6.07, 6.45) is 0. The third kappa shape index (κ3) is 7.69. The van der Waals surface area contributed by atoms with Gasteiger partial charge in [-0.15, -0.1) is 24.0 Å². The van der Waals surface area contributed by atoms with E-state index in [1.807, 2.05) is 6.92 Å². The van der Waals surface area contributed by atoms with Crippen molar-refractivity contribution in [2.24, 2.45) is 4.99 Å². The van der Waals surface area contributed by atoms with E-state index in [1.165, 1.54) is 11.1 Å². The summed E-state index contributed by atoms with van der Waals surface area (Å²) >= 11 is 0. The van der Waals surface area contributed by atoms with Crippen LogP contribution in [0.5, 0.6) is 0 Å². The van der Waals surface area contributed by atoms with Crippen molar-refractivity contribution in [2.75, 3.05) is 19.7 Å². The quantitative estimate of drug-likeness (QED) is 0.427. The Morgan fingerprint density at radius 2 is 1.55 bits per heavy atom. The molecule has 5 heteroatoms. The Morgan fingerprint density at radius 1 is 1.00 bits per heavy atom. The van der Waals surface area contributed by atoms with Gasteiger partial charge in [0.2, 0.25) is 0 Å². The number of benzene rings is 1. The standard InChI is InChI=1S/C15H25N3O.HI/c1-4-16-15(17-5-2)18-11-13-7-9-14(10-8-13)12-19-6-3;/h7-10H,4-6,11-12H2,1-3H3,(H2,16,17,18);1H. The molecule has 0 bridgehead atoms. The van der Waals surface area contributed by atoms with Crippen LogP contribution >= 0.6 is 24.0 Å². The molecule has 2 N–H and O–H groups in total. The maximum Gasteiger partial charge on any atom is 0.191 e. The molecule has 1 aromatic rings. The average Bonchev–Trinajstić information content (AvgIpc) is 2.44. The number of nitrogens with zero attached hydrogens (tertiary/aromatic N) is 1. The third-order valence-electron chi connectivity index (χ3n) is 2.60. The minimum Gasteiger partial charge on any atom is -0.377 e. The van der Waals surface area contributed by atoms with E-state index >= 15 is 0 Å². The predicted octanol–water partition coefficient (Wildman–Crippen LogP) is 2.92. The van der Waals surface area contributed by atoms with E-state index in [9.17, 15) is 0 Å². The smallest absolute Gasteiger partial charge is 0.191 e. The van der Waals surface area contributed by atoms with Gasteiger partial charge >= 0.3 is 0 Å². The molecular weight excluding hydrogens is 365 g/mol. The van der Waals surface area contributed by atoms with Crippen molar-refractivity contribution in [1.29, 1.82) is 0 Å². The summed E-state index contributed by atoms with van der Waals surface area (Å²) in [6.45, 7) is 10.0. The molecular formula is C15H26IN3O. The lowest BCUT2D eigenvalue weighted by atomic mass is 10.1. The lowest BCUT2D eigenvalue weighted by molar-refractivity contribution is 0.134. The van der Waals surface area contributed by atoms with Gasteiger partial charge in [0, 0.05) is 19.7 Å². The maximum atomic E-state index is 5.37. The molecule has 1 rings (SSSR count). The first-order chi connectivity index (χ1) is 9.30. The zero-order valence-electron chi connectivity index (χ0n) is 12.6. The Hall–Kier alpha value is -0.820. The van der Waals surface area contributed by atoms with Crippen LogP contribution in [0, 0.1) is 0 Å². The number of ether oxygens (including phenoxy) is 1. The summed E-state index contributed by atoms with van der Waals surface area (Å²) in [4.78, 5) is 4.53. The molecule has 0 atom stereocenters. The first-order valence-electron chi connectivity index (χ1n) is 6.97. The van der Waals surface area contributed by atoms with Crippen molar-refractivity contribution in [1.82, 2.24) is 10.6 Å². The molecule has 0 saturated carbocycles. The largest absolute Gasteiger partial charge is 0.377 e. The molecule has 0 aliphatic heterocycles. The molecule has 0 aliphatic carbocycles. The fraction of sp³-hybridized carbons (Fsp3) is 0.533. The molecule has 0 unspecified atom stereocenters. The minimum absolute atomic E-state index is 0. The fourth-order valence-electron chi connectivity index (χ4n) is 1.64. The Balaban J connectivity index is 0.00000361. The van der Waals surface area contributed by atoms with Gasteiger partial charge in [-0.3, -0.25) is 0 Å². The number of halogens is 1. The monoisotopic (exact) mass is 391 g/mol. The lowest BCUT2D eigenvalue weighted by Crippen LogP contribution is -2.36. The molecule has 4 nitrogen and oxygen atoms in total. The van der Waals surface area contributed by atoms with Crippen LogP contribution in [-0.2, 0) is 17.9 Å². The van der Waals surface area contributed by atoms with Crippen LogP contribution in [0.4, 0.5) is 0 Å². The number of nitrogens with one attached hydrogen (secondary N) is 2. The van der Waals surface area contributed by atoms with Gasteiger partial charge in [-0.1, -0.05) is 24.3 Å². The molecule has 0 aromatic heterocycles. The highest BCUT2D eigenvalue weighted by molar-refractivity contribution is 14.0. The van der Waals surface area contributed by atoms with Gasteiger partial charge in [0.25, 0.3) is 0 Å². The molecule has 0 heterocycles. The second-order valence-electron chi connectivity index (χ2n) is 4.18. The van der Waals surface area contributed by atoms with E-state index < -0.39 is 0 Å². The number of hydrogen-bond donors (Lipinski definition) is 2. The molecule has 0 fully saturated rings. The zero-order valence-corrected chi connectivity index (χ0v) is 14.9. The second kappa shape index (κ2) is 12.0. The third-order valence-corrected chi connectivity index (χ3v) is 2.60. The van der Waals surface area contributed by atoms with Crippen molar-refractivity contribution in [3.05, 3.63) is 35.4 Å². The number of guanidine groups is 1. The Bertz CT molecular complexity index is 371. The Morgan fingerprint density at radius 3 is 2.05 bits per heavy atom. The summed E-state index contributed by atoms with van der Waals surface area (Å²) in [5.41, 5.74) is 2.40. The summed E-state index contributed by atoms with van der Waals surface area (Å²) in [6, 6.07) is 8.40. The number of hydrogen-bond acceptors (Lipinski definition) is 2. The fourth-order valence-corrected chi connectivity index (χ4v) is 1.64. The molecule has 0 amide bonds. The molecule has 114 valence electrons. The van der Waals surface area contributed by atoms with Crippen LogP contribution in [0.1, 0.15) is 31.9 Å². The number of aliphatic imine (C=N–C) groups is 1. The normalized spacial score (nSPS) is 9.55. The van der Waals surface area contributed by atoms with Crippen LogP contribution in [0.2, 0.25) is 0 Å². The van der Waals surface area contributed by atoms with Gasteiger partial charge in [0.15, 0.2) is 5.96 Å².